The van der Waals surface area contributed by atoms with Crippen LogP contribution >= 0.6 is 11.6 Å². The van der Waals surface area contributed by atoms with Gasteiger partial charge in [0.2, 0.25) is 0 Å². The largest absolute Gasteiger partial charge is 0.330 e. The molecule has 1 rings (SSSR count). The molecule has 0 aliphatic carbocycles. The second-order valence-electron chi connectivity index (χ2n) is 4.29. The fourth-order valence-corrected chi connectivity index (χ4v) is 2.16. The maximum absolute atomic E-state index is 6.24. The monoisotopic (exact) mass is 225 g/mol. The van der Waals surface area contributed by atoms with E-state index >= 15 is 0 Å². The van der Waals surface area contributed by atoms with Crippen LogP contribution in [0.25, 0.3) is 0 Å². The third-order valence-electron chi connectivity index (χ3n) is 2.99. The molecule has 2 heteroatoms. The zero-order chi connectivity index (χ0) is 11.4. The smallest absolute Gasteiger partial charge is 0.0443 e. The normalized spacial score (nSPS) is 12.9. The van der Waals surface area contributed by atoms with Crippen LogP contribution in [0.15, 0.2) is 12.1 Å². The van der Waals surface area contributed by atoms with Crippen molar-refractivity contribution in [2.75, 3.05) is 6.54 Å². The quantitative estimate of drug-likeness (QED) is 0.829. The van der Waals surface area contributed by atoms with E-state index in [4.69, 9.17) is 17.3 Å². The minimum Gasteiger partial charge on any atom is -0.330 e. The van der Waals surface area contributed by atoms with Crippen LogP contribution in [-0.4, -0.2) is 6.54 Å². The van der Waals surface area contributed by atoms with Crippen LogP contribution in [0, 0.1) is 13.8 Å². The van der Waals surface area contributed by atoms with Crippen molar-refractivity contribution in [1.82, 2.24) is 0 Å². The number of nitrogens with two attached hydrogens (primary N) is 1. The molecule has 0 spiro atoms. The first-order valence-corrected chi connectivity index (χ1v) is 5.90. The van der Waals surface area contributed by atoms with Crippen LogP contribution in [0.3, 0.4) is 0 Å². The SMILES string of the molecule is Cc1cc(Cl)c(C(C)CCCN)cc1C. The summed E-state index contributed by atoms with van der Waals surface area (Å²) in [6.45, 7) is 7.19. The molecule has 15 heavy (non-hydrogen) atoms. The van der Waals surface area contributed by atoms with Gasteiger partial charge in [-0.3, -0.25) is 0 Å². The summed E-state index contributed by atoms with van der Waals surface area (Å²) >= 11 is 6.24. The van der Waals surface area contributed by atoms with Crippen LogP contribution < -0.4 is 5.73 Å². The van der Waals surface area contributed by atoms with Crippen LogP contribution in [0.4, 0.5) is 0 Å². The molecule has 1 aromatic carbocycles. The van der Waals surface area contributed by atoms with Gasteiger partial charge >= 0.3 is 0 Å². The van der Waals surface area contributed by atoms with Gasteiger partial charge in [0.15, 0.2) is 0 Å². The van der Waals surface area contributed by atoms with E-state index in [1.807, 2.05) is 0 Å². The Morgan fingerprint density at radius 3 is 2.47 bits per heavy atom. The highest BCUT2D eigenvalue weighted by atomic mass is 35.5. The van der Waals surface area contributed by atoms with Crippen LogP contribution in [0.1, 0.15) is 42.4 Å². The average Bonchev–Trinajstić information content (AvgIpc) is 2.20. The van der Waals surface area contributed by atoms with Crippen LogP contribution in [-0.2, 0) is 0 Å². The molecule has 0 aliphatic heterocycles. The van der Waals surface area contributed by atoms with Gasteiger partial charge in [0, 0.05) is 5.02 Å². The second-order valence-corrected chi connectivity index (χ2v) is 4.70. The third-order valence-corrected chi connectivity index (χ3v) is 3.31. The maximum Gasteiger partial charge on any atom is 0.0443 e. The van der Waals surface area contributed by atoms with E-state index in [-0.39, 0.29) is 0 Å². The Morgan fingerprint density at radius 2 is 1.87 bits per heavy atom. The third kappa shape index (κ3) is 3.22. The number of aryl methyl sites for hydroxylation is 2. The molecule has 0 radical (unpaired) electrons. The van der Waals surface area contributed by atoms with Crippen molar-refractivity contribution < 1.29 is 0 Å². The Balaban J connectivity index is 2.88. The molecule has 1 atom stereocenters. The van der Waals surface area contributed by atoms with Gasteiger partial charge in [-0.25, -0.2) is 0 Å². The van der Waals surface area contributed by atoms with Gasteiger partial charge in [-0.15, -0.1) is 0 Å². The van der Waals surface area contributed by atoms with Crippen molar-refractivity contribution in [3.05, 3.63) is 33.8 Å². The summed E-state index contributed by atoms with van der Waals surface area (Å²) in [7, 11) is 0. The predicted octanol–water partition coefficient (Wildman–Crippen LogP) is 3.80. The fraction of sp³-hybridized carbons (Fsp3) is 0.538. The first kappa shape index (κ1) is 12.5. The lowest BCUT2D eigenvalue weighted by Crippen LogP contribution is -2.03. The van der Waals surface area contributed by atoms with Gasteiger partial charge in [-0.2, -0.15) is 0 Å². The summed E-state index contributed by atoms with van der Waals surface area (Å²) < 4.78 is 0. The fourth-order valence-electron chi connectivity index (χ4n) is 1.76. The maximum atomic E-state index is 6.24. The first-order valence-electron chi connectivity index (χ1n) is 5.53. The lowest BCUT2D eigenvalue weighted by Gasteiger charge is -2.15. The summed E-state index contributed by atoms with van der Waals surface area (Å²) in [6, 6.07) is 4.27. The summed E-state index contributed by atoms with van der Waals surface area (Å²) in [6.07, 6.45) is 2.17. The molecular weight excluding hydrogens is 206 g/mol. The van der Waals surface area contributed by atoms with Crippen molar-refractivity contribution in [1.29, 1.82) is 0 Å². The molecule has 0 amide bonds. The molecular formula is C13H20ClN. The molecule has 0 bridgehead atoms. The van der Waals surface area contributed by atoms with E-state index in [0.29, 0.717) is 5.92 Å². The number of hydrogen-bond donors (Lipinski definition) is 1. The van der Waals surface area contributed by atoms with Crippen molar-refractivity contribution in [3.63, 3.8) is 0 Å². The molecule has 84 valence electrons. The highest BCUT2D eigenvalue weighted by molar-refractivity contribution is 6.31. The summed E-state index contributed by atoms with van der Waals surface area (Å²) in [5, 5.41) is 0.891. The molecule has 0 aliphatic rings. The van der Waals surface area contributed by atoms with Crippen LogP contribution in [0.2, 0.25) is 5.02 Å². The molecule has 0 saturated heterocycles. The minimum absolute atomic E-state index is 0.500. The Labute approximate surface area is 97.6 Å². The summed E-state index contributed by atoms with van der Waals surface area (Å²) in [5.41, 5.74) is 9.34. The number of halogens is 1. The predicted molar refractivity (Wildman–Crippen MR) is 67.6 cm³/mol. The van der Waals surface area contributed by atoms with Gasteiger partial charge in [-0.05, 0) is 61.9 Å². The van der Waals surface area contributed by atoms with E-state index in [9.17, 15) is 0 Å². The number of benzene rings is 1. The van der Waals surface area contributed by atoms with Crippen molar-refractivity contribution in [2.45, 2.75) is 39.5 Å². The lowest BCUT2D eigenvalue weighted by atomic mass is 9.93. The Kier molecular flexibility index (Phi) is 4.62. The topological polar surface area (TPSA) is 26.0 Å². The van der Waals surface area contributed by atoms with Gasteiger partial charge in [0.05, 0.1) is 0 Å². The Bertz CT molecular complexity index is 334. The highest BCUT2D eigenvalue weighted by Crippen LogP contribution is 2.30. The molecule has 1 nitrogen and oxygen atoms in total. The Morgan fingerprint density at radius 1 is 1.27 bits per heavy atom. The van der Waals surface area contributed by atoms with Gasteiger partial charge < -0.3 is 5.73 Å². The molecule has 0 saturated carbocycles. The summed E-state index contributed by atoms with van der Waals surface area (Å²) in [5.74, 6) is 0.500. The average molecular weight is 226 g/mol. The molecule has 0 aromatic heterocycles. The highest BCUT2D eigenvalue weighted by Gasteiger charge is 2.10. The van der Waals surface area contributed by atoms with Gasteiger partial charge in [-0.1, -0.05) is 24.6 Å². The lowest BCUT2D eigenvalue weighted by molar-refractivity contribution is 0.640. The molecule has 2 N–H and O–H groups in total. The van der Waals surface area contributed by atoms with Crippen molar-refractivity contribution in [3.8, 4) is 0 Å². The number of rotatable bonds is 4. The zero-order valence-corrected chi connectivity index (χ0v) is 10.6. The Hall–Kier alpha value is -0.530. The van der Waals surface area contributed by atoms with Gasteiger partial charge in [0.25, 0.3) is 0 Å². The standard InChI is InChI=1S/C13H20ClN/c1-9(5-4-6-15)12-7-10(2)11(3)8-13(12)14/h7-9H,4-6,15H2,1-3H3. The molecule has 1 unspecified atom stereocenters. The zero-order valence-electron chi connectivity index (χ0n) is 9.81. The minimum atomic E-state index is 0.500. The molecule has 0 heterocycles. The van der Waals surface area contributed by atoms with E-state index in [1.165, 1.54) is 16.7 Å². The van der Waals surface area contributed by atoms with E-state index in [0.717, 1.165) is 24.4 Å². The van der Waals surface area contributed by atoms with Crippen LogP contribution in [0.5, 0.6) is 0 Å². The van der Waals surface area contributed by atoms with Crippen molar-refractivity contribution >= 4 is 11.6 Å². The van der Waals surface area contributed by atoms with Crippen molar-refractivity contribution in [2.24, 2.45) is 5.73 Å². The summed E-state index contributed by atoms with van der Waals surface area (Å²) in [4.78, 5) is 0. The van der Waals surface area contributed by atoms with E-state index in [1.54, 1.807) is 0 Å². The molecule has 0 fully saturated rings. The first-order chi connectivity index (χ1) is 7.06. The number of hydrogen-bond acceptors (Lipinski definition) is 1. The van der Waals surface area contributed by atoms with E-state index in [2.05, 4.69) is 32.9 Å². The molecule has 1 aromatic rings. The second kappa shape index (κ2) is 5.53. The van der Waals surface area contributed by atoms with E-state index < -0.39 is 0 Å². The van der Waals surface area contributed by atoms with Gasteiger partial charge in [0.1, 0.15) is 0 Å².